The largest absolute Gasteiger partial charge is 0.399 e. The maximum Gasteiger partial charge on any atom is 0.127 e. The van der Waals surface area contributed by atoms with Gasteiger partial charge in [-0.15, -0.1) is 0 Å². The monoisotopic (exact) mass is 239 g/mol. The molecule has 0 fully saturated rings. The number of nitrogens with one attached hydrogen (secondary N) is 1. The van der Waals surface area contributed by atoms with E-state index in [2.05, 4.69) is 24.1 Å². The van der Waals surface area contributed by atoms with Gasteiger partial charge in [-0.2, -0.15) is 0 Å². The van der Waals surface area contributed by atoms with E-state index in [1.54, 1.807) is 6.07 Å². The molecule has 0 bridgehead atoms. The summed E-state index contributed by atoms with van der Waals surface area (Å²) in [6.45, 7) is 6.07. The summed E-state index contributed by atoms with van der Waals surface area (Å²) in [5.41, 5.74) is 6.88. The Morgan fingerprint density at radius 2 is 1.94 bits per heavy atom. The summed E-state index contributed by atoms with van der Waals surface area (Å²) < 4.78 is 13.1. The van der Waals surface area contributed by atoms with Gasteiger partial charge in [-0.25, -0.2) is 4.39 Å². The van der Waals surface area contributed by atoms with Crippen molar-refractivity contribution in [2.75, 3.05) is 38.2 Å². The first kappa shape index (κ1) is 13.8. The van der Waals surface area contributed by atoms with Gasteiger partial charge in [-0.1, -0.05) is 13.8 Å². The first-order valence-corrected chi connectivity index (χ1v) is 5.73. The molecule has 4 heteroatoms. The van der Waals surface area contributed by atoms with E-state index in [4.69, 9.17) is 5.73 Å². The number of nitrogens with two attached hydrogens (primary N) is 1. The van der Waals surface area contributed by atoms with Crippen molar-refractivity contribution in [2.24, 2.45) is 5.41 Å². The van der Waals surface area contributed by atoms with Crippen LogP contribution in [0, 0.1) is 11.2 Å². The third-order valence-corrected chi connectivity index (χ3v) is 2.44. The van der Waals surface area contributed by atoms with E-state index in [-0.39, 0.29) is 11.2 Å². The van der Waals surface area contributed by atoms with Crippen molar-refractivity contribution in [2.45, 2.75) is 13.8 Å². The van der Waals surface area contributed by atoms with Crippen LogP contribution in [0.4, 0.5) is 15.8 Å². The lowest BCUT2D eigenvalue weighted by Gasteiger charge is -2.29. The fourth-order valence-electron chi connectivity index (χ4n) is 1.97. The molecule has 0 radical (unpaired) electrons. The highest BCUT2D eigenvalue weighted by molar-refractivity contribution is 5.54. The van der Waals surface area contributed by atoms with Crippen molar-refractivity contribution in [3.63, 3.8) is 0 Å². The van der Waals surface area contributed by atoms with Crippen LogP contribution in [0.15, 0.2) is 18.2 Å². The van der Waals surface area contributed by atoms with Crippen molar-refractivity contribution in [1.82, 2.24) is 4.90 Å². The van der Waals surface area contributed by atoms with Gasteiger partial charge in [0.2, 0.25) is 0 Å². The van der Waals surface area contributed by atoms with Gasteiger partial charge in [0.25, 0.3) is 0 Å². The van der Waals surface area contributed by atoms with Gasteiger partial charge in [-0.3, -0.25) is 0 Å². The minimum atomic E-state index is -0.307. The smallest absolute Gasteiger partial charge is 0.127 e. The minimum absolute atomic E-state index is 0.116. The Morgan fingerprint density at radius 3 is 2.47 bits per heavy atom. The Kier molecular flexibility index (Phi) is 4.34. The summed E-state index contributed by atoms with van der Waals surface area (Å²) in [5.74, 6) is -0.307. The molecule has 3 nitrogen and oxygen atoms in total. The highest BCUT2D eigenvalue weighted by Crippen LogP contribution is 2.20. The molecule has 1 aromatic rings. The zero-order valence-corrected chi connectivity index (χ0v) is 11.0. The molecule has 0 saturated carbocycles. The van der Waals surface area contributed by atoms with E-state index in [1.807, 2.05) is 14.1 Å². The van der Waals surface area contributed by atoms with Gasteiger partial charge < -0.3 is 16.0 Å². The summed E-state index contributed by atoms with van der Waals surface area (Å²) in [6.07, 6.45) is 0. The molecule has 0 aromatic heterocycles. The topological polar surface area (TPSA) is 41.3 Å². The second kappa shape index (κ2) is 5.36. The van der Waals surface area contributed by atoms with Crippen LogP contribution in [0.1, 0.15) is 13.8 Å². The second-order valence-electron chi connectivity index (χ2n) is 5.53. The Hall–Kier alpha value is -1.29. The van der Waals surface area contributed by atoms with Crippen molar-refractivity contribution >= 4 is 11.4 Å². The van der Waals surface area contributed by atoms with Gasteiger partial charge in [0.05, 0.1) is 0 Å². The molecule has 1 aromatic carbocycles. The zero-order chi connectivity index (χ0) is 13.1. The van der Waals surface area contributed by atoms with Crippen molar-refractivity contribution in [3.8, 4) is 0 Å². The average Bonchev–Trinajstić information content (AvgIpc) is 2.11. The second-order valence-corrected chi connectivity index (χ2v) is 5.53. The number of nitrogen functional groups attached to an aromatic ring is 1. The summed E-state index contributed by atoms with van der Waals surface area (Å²) in [7, 11) is 4.09. The van der Waals surface area contributed by atoms with Crippen LogP contribution < -0.4 is 11.1 Å². The molecule has 0 spiro atoms. The lowest BCUT2D eigenvalue weighted by atomic mass is 9.93. The summed E-state index contributed by atoms with van der Waals surface area (Å²) >= 11 is 0. The van der Waals surface area contributed by atoms with Crippen LogP contribution in [-0.4, -0.2) is 32.1 Å². The van der Waals surface area contributed by atoms with Crippen molar-refractivity contribution in [3.05, 3.63) is 24.0 Å². The molecule has 17 heavy (non-hydrogen) atoms. The molecule has 1 rings (SSSR count). The van der Waals surface area contributed by atoms with E-state index in [0.29, 0.717) is 5.69 Å². The number of nitrogens with zero attached hydrogens (tertiary/aromatic N) is 1. The predicted molar refractivity (Wildman–Crippen MR) is 71.6 cm³/mol. The minimum Gasteiger partial charge on any atom is -0.399 e. The number of anilines is 2. The Bertz CT molecular complexity index is 355. The quantitative estimate of drug-likeness (QED) is 0.775. The Morgan fingerprint density at radius 1 is 1.29 bits per heavy atom. The molecule has 0 aliphatic rings. The van der Waals surface area contributed by atoms with E-state index < -0.39 is 0 Å². The normalized spacial score (nSPS) is 11.9. The van der Waals surface area contributed by atoms with Gasteiger partial charge in [0, 0.05) is 24.5 Å². The summed E-state index contributed by atoms with van der Waals surface area (Å²) in [6, 6.07) is 4.52. The molecule has 0 aliphatic heterocycles. The third-order valence-electron chi connectivity index (χ3n) is 2.44. The molecule has 0 saturated heterocycles. The molecular weight excluding hydrogens is 217 g/mol. The van der Waals surface area contributed by atoms with Crippen molar-refractivity contribution < 1.29 is 4.39 Å². The Labute approximate surface area is 103 Å². The maximum atomic E-state index is 13.1. The van der Waals surface area contributed by atoms with Crippen LogP contribution in [0.5, 0.6) is 0 Å². The lowest BCUT2D eigenvalue weighted by Crippen LogP contribution is -2.34. The van der Waals surface area contributed by atoms with Crippen molar-refractivity contribution in [1.29, 1.82) is 0 Å². The molecule has 0 heterocycles. The molecule has 3 N–H and O–H groups in total. The van der Waals surface area contributed by atoms with E-state index >= 15 is 0 Å². The number of halogens is 1. The van der Waals surface area contributed by atoms with Crippen LogP contribution in [0.3, 0.4) is 0 Å². The lowest BCUT2D eigenvalue weighted by molar-refractivity contribution is 0.254. The zero-order valence-electron chi connectivity index (χ0n) is 11.0. The number of benzene rings is 1. The van der Waals surface area contributed by atoms with Gasteiger partial charge in [-0.05, 0) is 37.7 Å². The van der Waals surface area contributed by atoms with E-state index in [0.717, 1.165) is 18.8 Å². The summed E-state index contributed by atoms with van der Waals surface area (Å²) in [5, 5.41) is 3.23. The van der Waals surface area contributed by atoms with Crippen LogP contribution in [-0.2, 0) is 0 Å². The fraction of sp³-hybridized carbons (Fsp3) is 0.538. The molecule has 0 atom stereocenters. The molecular formula is C13H22FN3. The van der Waals surface area contributed by atoms with Gasteiger partial charge in [0.15, 0.2) is 0 Å². The van der Waals surface area contributed by atoms with E-state index in [9.17, 15) is 4.39 Å². The molecule has 0 aliphatic carbocycles. The van der Waals surface area contributed by atoms with E-state index in [1.165, 1.54) is 12.1 Å². The maximum absolute atomic E-state index is 13.1. The highest BCUT2D eigenvalue weighted by atomic mass is 19.1. The third kappa shape index (κ3) is 5.04. The Balaban J connectivity index is 2.60. The van der Waals surface area contributed by atoms with Crippen LogP contribution >= 0.6 is 0 Å². The first-order chi connectivity index (χ1) is 7.78. The molecule has 0 unspecified atom stereocenters. The summed E-state index contributed by atoms with van der Waals surface area (Å²) in [4.78, 5) is 2.14. The highest BCUT2D eigenvalue weighted by Gasteiger charge is 2.18. The van der Waals surface area contributed by atoms with Gasteiger partial charge >= 0.3 is 0 Å². The number of hydrogen-bond donors (Lipinski definition) is 2. The first-order valence-electron chi connectivity index (χ1n) is 5.73. The standard InChI is InChI=1S/C13H22FN3/c1-13(2,9-17(3)4)8-16-12-6-10(14)5-11(15)7-12/h5-7,16H,8-9,15H2,1-4H3. The fourth-order valence-corrected chi connectivity index (χ4v) is 1.97. The number of rotatable bonds is 5. The molecule has 0 amide bonds. The van der Waals surface area contributed by atoms with Crippen LogP contribution in [0.2, 0.25) is 0 Å². The molecule has 96 valence electrons. The average molecular weight is 239 g/mol. The SMILES string of the molecule is CN(C)CC(C)(C)CNc1cc(N)cc(F)c1. The van der Waals surface area contributed by atoms with Crippen LogP contribution in [0.25, 0.3) is 0 Å². The number of hydrogen-bond acceptors (Lipinski definition) is 3. The van der Waals surface area contributed by atoms with Gasteiger partial charge in [0.1, 0.15) is 5.82 Å². The predicted octanol–water partition coefficient (Wildman–Crippen LogP) is 2.41.